The number of rotatable bonds is 5. The first-order chi connectivity index (χ1) is 10.9. The molecule has 2 N–H and O–H groups in total. The van der Waals surface area contributed by atoms with Gasteiger partial charge < -0.3 is 10.2 Å². The fourth-order valence-corrected chi connectivity index (χ4v) is 5.08. The maximum Gasteiger partial charge on any atom is 0.250 e. The van der Waals surface area contributed by atoms with E-state index in [1.165, 1.54) is 17.8 Å². The Hall–Kier alpha value is -1.12. The number of nitrogens with one attached hydrogen (secondary N) is 2. The van der Waals surface area contributed by atoms with Gasteiger partial charge in [0.05, 0.1) is 0 Å². The lowest BCUT2D eigenvalue weighted by atomic mass is 9.92. The number of aliphatic imine (C=N–C) groups is 1. The third kappa shape index (κ3) is 5.19. The molecule has 0 saturated carbocycles. The van der Waals surface area contributed by atoms with Crippen molar-refractivity contribution in [1.29, 1.82) is 0 Å². The summed E-state index contributed by atoms with van der Waals surface area (Å²) in [6.07, 6.45) is 1.24. The number of nitrogens with zero attached hydrogens (tertiary/aromatic N) is 2. The second-order valence-electron chi connectivity index (χ2n) is 6.15. The van der Waals surface area contributed by atoms with Crippen LogP contribution in [0.4, 0.5) is 0 Å². The van der Waals surface area contributed by atoms with Crippen molar-refractivity contribution in [3.63, 3.8) is 0 Å². The van der Waals surface area contributed by atoms with Gasteiger partial charge in [-0.1, -0.05) is 19.9 Å². The largest absolute Gasteiger partial charge is 0.355 e. The molecule has 23 heavy (non-hydrogen) atoms. The molecule has 130 valence electrons. The Morgan fingerprint density at radius 2 is 2.04 bits per heavy atom. The number of hydrogen-bond donors (Lipinski definition) is 2. The van der Waals surface area contributed by atoms with E-state index >= 15 is 0 Å². The molecule has 8 heteroatoms. The highest BCUT2D eigenvalue weighted by molar-refractivity contribution is 7.91. The first-order valence-corrected chi connectivity index (χ1v) is 10.3. The summed E-state index contributed by atoms with van der Waals surface area (Å²) in [4.78, 5) is 6.58. The van der Waals surface area contributed by atoms with Crippen LogP contribution in [0.2, 0.25) is 0 Å². The maximum atomic E-state index is 12.0. The van der Waals surface area contributed by atoms with Crippen LogP contribution in [0.3, 0.4) is 0 Å². The van der Waals surface area contributed by atoms with Crippen LogP contribution in [0.5, 0.6) is 0 Å². The fraction of sp³-hybridized carbons (Fsp3) is 0.667. The van der Waals surface area contributed by atoms with Gasteiger partial charge in [0.1, 0.15) is 4.21 Å². The molecule has 2 rings (SSSR count). The lowest BCUT2D eigenvalue weighted by Crippen LogP contribution is -2.49. The molecule has 0 aliphatic carbocycles. The molecule has 0 spiro atoms. The highest BCUT2D eigenvalue weighted by Gasteiger charge is 2.24. The highest BCUT2D eigenvalue weighted by Crippen LogP contribution is 2.20. The Morgan fingerprint density at radius 3 is 2.61 bits per heavy atom. The van der Waals surface area contributed by atoms with Crippen molar-refractivity contribution < 1.29 is 8.42 Å². The highest BCUT2D eigenvalue weighted by atomic mass is 32.2. The third-order valence-electron chi connectivity index (χ3n) is 3.84. The zero-order valence-electron chi connectivity index (χ0n) is 13.9. The minimum atomic E-state index is -3.39. The Kier molecular flexibility index (Phi) is 6.43. The summed E-state index contributed by atoms with van der Waals surface area (Å²) in [5.74, 6) is 2.14. The Labute approximate surface area is 143 Å². The molecule has 1 aromatic heterocycles. The van der Waals surface area contributed by atoms with Gasteiger partial charge in [-0.15, -0.1) is 11.3 Å². The molecule has 2 atom stereocenters. The van der Waals surface area contributed by atoms with E-state index in [4.69, 9.17) is 0 Å². The molecule has 1 aliphatic heterocycles. The standard InChI is InChI=1S/C15H26N4O2S2/c1-12-9-13(2)11-19(10-12)15(16-3)17-6-7-18-23(20,21)14-5-4-8-22-14/h4-5,8,12-13,18H,6-7,9-11H2,1-3H3,(H,16,17). The van der Waals surface area contributed by atoms with E-state index in [1.54, 1.807) is 24.6 Å². The molecule has 1 aromatic rings. The van der Waals surface area contributed by atoms with E-state index in [1.807, 2.05) is 0 Å². The number of hydrogen-bond acceptors (Lipinski definition) is 4. The van der Waals surface area contributed by atoms with Crippen molar-refractivity contribution in [2.45, 2.75) is 24.5 Å². The van der Waals surface area contributed by atoms with Gasteiger partial charge in [0.2, 0.25) is 10.0 Å². The Bertz CT molecular complexity index is 603. The topological polar surface area (TPSA) is 73.8 Å². The quantitative estimate of drug-likeness (QED) is 0.476. The van der Waals surface area contributed by atoms with Crippen molar-refractivity contribution in [3.8, 4) is 0 Å². The van der Waals surface area contributed by atoms with Crippen molar-refractivity contribution in [2.24, 2.45) is 16.8 Å². The summed E-state index contributed by atoms with van der Waals surface area (Å²) < 4.78 is 27.0. The van der Waals surface area contributed by atoms with Crippen molar-refractivity contribution in [2.75, 3.05) is 33.2 Å². The minimum absolute atomic E-state index is 0.332. The number of sulfonamides is 1. The van der Waals surface area contributed by atoms with Crippen LogP contribution in [0.25, 0.3) is 0 Å². The molecular formula is C15H26N4O2S2. The summed E-state index contributed by atoms with van der Waals surface area (Å²) >= 11 is 1.22. The molecule has 2 unspecified atom stereocenters. The van der Waals surface area contributed by atoms with Gasteiger partial charge in [0.15, 0.2) is 5.96 Å². The van der Waals surface area contributed by atoms with E-state index in [-0.39, 0.29) is 0 Å². The Balaban J connectivity index is 1.80. The van der Waals surface area contributed by atoms with Gasteiger partial charge >= 0.3 is 0 Å². The van der Waals surface area contributed by atoms with Gasteiger partial charge in [0, 0.05) is 33.2 Å². The van der Waals surface area contributed by atoms with Gasteiger partial charge in [-0.25, -0.2) is 13.1 Å². The summed E-state index contributed by atoms with van der Waals surface area (Å²) in [6.45, 7) is 7.33. The molecule has 6 nitrogen and oxygen atoms in total. The third-order valence-corrected chi connectivity index (χ3v) is 6.70. The Morgan fingerprint density at radius 1 is 1.35 bits per heavy atom. The van der Waals surface area contributed by atoms with Gasteiger partial charge in [-0.3, -0.25) is 4.99 Å². The number of piperidine rings is 1. The zero-order valence-corrected chi connectivity index (χ0v) is 15.6. The molecule has 0 aromatic carbocycles. The fourth-order valence-electron chi connectivity index (χ4n) is 3.02. The van der Waals surface area contributed by atoms with E-state index in [9.17, 15) is 8.42 Å². The van der Waals surface area contributed by atoms with E-state index in [0.717, 1.165) is 19.0 Å². The minimum Gasteiger partial charge on any atom is -0.355 e. The van der Waals surface area contributed by atoms with Gasteiger partial charge in [-0.05, 0) is 29.7 Å². The average molecular weight is 359 g/mol. The molecule has 0 bridgehead atoms. The van der Waals surface area contributed by atoms with Crippen molar-refractivity contribution in [3.05, 3.63) is 17.5 Å². The zero-order chi connectivity index (χ0) is 16.9. The first kappa shape index (κ1) is 18.2. The molecule has 0 radical (unpaired) electrons. The second kappa shape index (κ2) is 8.12. The SMILES string of the molecule is CN=C(NCCNS(=O)(=O)c1cccs1)N1CC(C)CC(C)C1. The molecule has 1 aliphatic rings. The van der Waals surface area contributed by atoms with Crippen LogP contribution in [-0.2, 0) is 10.0 Å². The van der Waals surface area contributed by atoms with Crippen molar-refractivity contribution >= 4 is 27.3 Å². The lowest BCUT2D eigenvalue weighted by Gasteiger charge is -2.37. The maximum absolute atomic E-state index is 12.0. The first-order valence-electron chi connectivity index (χ1n) is 7.91. The normalized spacial score (nSPS) is 23.1. The van der Waals surface area contributed by atoms with Crippen LogP contribution in [0.1, 0.15) is 20.3 Å². The van der Waals surface area contributed by atoms with Gasteiger partial charge in [-0.2, -0.15) is 0 Å². The molecule has 0 amide bonds. The summed E-state index contributed by atoms with van der Waals surface area (Å²) in [5, 5.41) is 5.01. The van der Waals surface area contributed by atoms with E-state index in [0.29, 0.717) is 29.1 Å². The van der Waals surface area contributed by atoms with Crippen LogP contribution >= 0.6 is 11.3 Å². The summed E-state index contributed by atoms with van der Waals surface area (Å²) in [6, 6.07) is 3.34. The molecule has 1 fully saturated rings. The predicted molar refractivity (Wildman–Crippen MR) is 95.4 cm³/mol. The number of guanidine groups is 1. The molecule has 2 heterocycles. The summed E-state index contributed by atoms with van der Waals surface area (Å²) in [5.41, 5.74) is 0. The van der Waals surface area contributed by atoms with E-state index < -0.39 is 10.0 Å². The number of likely N-dealkylation sites (tertiary alicyclic amines) is 1. The van der Waals surface area contributed by atoms with Crippen LogP contribution in [0, 0.1) is 11.8 Å². The van der Waals surface area contributed by atoms with Crippen LogP contribution in [-0.4, -0.2) is 52.5 Å². The van der Waals surface area contributed by atoms with E-state index in [2.05, 4.69) is 33.8 Å². The lowest BCUT2D eigenvalue weighted by molar-refractivity contribution is 0.208. The number of thiophene rings is 1. The average Bonchev–Trinajstić information content (AvgIpc) is 3.01. The molecule has 1 saturated heterocycles. The van der Waals surface area contributed by atoms with Gasteiger partial charge in [0.25, 0.3) is 0 Å². The monoisotopic (exact) mass is 358 g/mol. The predicted octanol–water partition coefficient (Wildman–Crippen LogP) is 1.58. The smallest absolute Gasteiger partial charge is 0.250 e. The van der Waals surface area contributed by atoms with Crippen LogP contribution < -0.4 is 10.0 Å². The van der Waals surface area contributed by atoms with Crippen LogP contribution in [0.15, 0.2) is 26.7 Å². The molecular weight excluding hydrogens is 332 g/mol. The second-order valence-corrected chi connectivity index (χ2v) is 9.10. The van der Waals surface area contributed by atoms with Crippen molar-refractivity contribution in [1.82, 2.24) is 14.9 Å². The summed E-state index contributed by atoms with van der Waals surface area (Å²) in [7, 11) is -1.62.